The van der Waals surface area contributed by atoms with E-state index >= 15 is 0 Å². The van der Waals surface area contributed by atoms with Crippen molar-refractivity contribution in [2.75, 3.05) is 26.2 Å². The fourth-order valence-corrected chi connectivity index (χ4v) is 1.83. The Kier molecular flexibility index (Phi) is 4.34. The second-order valence-corrected chi connectivity index (χ2v) is 4.31. The molecule has 1 aliphatic heterocycles. The lowest BCUT2D eigenvalue weighted by Crippen LogP contribution is -2.43. The molecule has 1 heterocycles. The second kappa shape index (κ2) is 5.99. The molecule has 16 heavy (non-hydrogen) atoms. The van der Waals surface area contributed by atoms with E-state index in [0.29, 0.717) is 6.10 Å². The fraction of sp³-hybridized carbons (Fsp3) is 0.538. The minimum Gasteiger partial charge on any atom is -0.374 e. The molecule has 2 N–H and O–H groups in total. The first kappa shape index (κ1) is 11.6. The molecule has 3 heteroatoms. The van der Waals surface area contributed by atoms with Crippen LogP contribution in [0.5, 0.6) is 0 Å². The van der Waals surface area contributed by atoms with E-state index in [9.17, 15) is 0 Å². The summed E-state index contributed by atoms with van der Waals surface area (Å²) in [6, 6.07) is 8.63. The van der Waals surface area contributed by atoms with Crippen LogP contribution in [-0.4, -0.2) is 32.3 Å². The summed E-state index contributed by atoms with van der Waals surface area (Å²) in [7, 11) is 0. The first-order valence-corrected chi connectivity index (χ1v) is 5.93. The van der Waals surface area contributed by atoms with Gasteiger partial charge in [0.2, 0.25) is 0 Å². The number of hydrogen-bond donors (Lipinski definition) is 2. The quantitative estimate of drug-likeness (QED) is 0.796. The predicted octanol–water partition coefficient (Wildman–Crippen LogP) is 1.07. The molecule has 1 saturated heterocycles. The zero-order valence-corrected chi connectivity index (χ0v) is 9.83. The summed E-state index contributed by atoms with van der Waals surface area (Å²) in [5.74, 6) is 0. The van der Waals surface area contributed by atoms with E-state index in [1.54, 1.807) is 0 Å². The van der Waals surface area contributed by atoms with Crippen LogP contribution in [0.2, 0.25) is 0 Å². The Hall–Kier alpha value is -0.900. The van der Waals surface area contributed by atoms with E-state index < -0.39 is 0 Å². The van der Waals surface area contributed by atoms with Crippen molar-refractivity contribution in [2.45, 2.75) is 19.6 Å². The molecule has 1 aromatic rings. The van der Waals surface area contributed by atoms with Gasteiger partial charge in [0, 0.05) is 26.2 Å². The van der Waals surface area contributed by atoms with Crippen LogP contribution in [0.15, 0.2) is 24.3 Å². The number of ether oxygens (including phenoxy) is 1. The molecular formula is C13H20N2O. The van der Waals surface area contributed by atoms with Crippen LogP contribution in [0.4, 0.5) is 0 Å². The van der Waals surface area contributed by atoms with Gasteiger partial charge in [0.25, 0.3) is 0 Å². The molecule has 0 amide bonds. The number of rotatable bonds is 4. The third-order valence-electron chi connectivity index (χ3n) is 2.83. The molecule has 0 spiro atoms. The molecule has 1 aromatic carbocycles. The number of nitrogens with one attached hydrogen (secondary N) is 2. The Bertz CT molecular complexity index is 304. The number of hydrogen-bond acceptors (Lipinski definition) is 3. The molecular weight excluding hydrogens is 200 g/mol. The van der Waals surface area contributed by atoms with Crippen molar-refractivity contribution in [1.82, 2.24) is 10.6 Å². The zero-order valence-electron chi connectivity index (χ0n) is 9.83. The van der Waals surface area contributed by atoms with Crippen LogP contribution in [-0.2, 0) is 11.3 Å². The third kappa shape index (κ3) is 3.59. The second-order valence-electron chi connectivity index (χ2n) is 4.31. The van der Waals surface area contributed by atoms with Crippen molar-refractivity contribution < 1.29 is 4.74 Å². The van der Waals surface area contributed by atoms with Crippen molar-refractivity contribution in [3.63, 3.8) is 0 Å². The minimum atomic E-state index is 0.319. The molecule has 0 aliphatic carbocycles. The Morgan fingerprint density at radius 1 is 1.38 bits per heavy atom. The van der Waals surface area contributed by atoms with Crippen molar-refractivity contribution in [1.29, 1.82) is 0 Å². The Balaban J connectivity index is 1.69. The monoisotopic (exact) mass is 220 g/mol. The summed E-state index contributed by atoms with van der Waals surface area (Å²) < 4.78 is 5.61. The van der Waals surface area contributed by atoms with Crippen molar-refractivity contribution >= 4 is 0 Å². The van der Waals surface area contributed by atoms with E-state index in [4.69, 9.17) is 4.74 Å². The standard InChI is InChI=1S/C13H20N2O/c1-11-2-4-12(5-3-11)8-15-10-13-9-14-6-7-16-13/h2-5,13-15H,6-10H2,1H3. The Morgan fingerprint density at radius 3 is 2.88 bits per heavy atom. The lowest BCUT2D eigenvalue weighted by atomic mass is 10.1. The SMILES string of the molecule is Cc1ccc(CNCC2CNCCO2)cc1. The van der Waals surface area contributed by atoms with Gasteiger partial charge in [-0.25, -0.2) is 0 Å². The van der Waals surface area contributed by atoms with E-state index in [-0.39, 0.29) is 0 Å². The van der Waals surface area contributed by atoms with E-state index in [1.807, 2.05) is 0 Å². The highest BCUT2D eigenvalue weighted by Gasteiger charge is 2.11. The van der Waals surface area contributed by atoms with Gasteiger partial charge < -0.3 is 15.4 Å². The van der Waals surface area contributed by atoms with Crippen molar-refractivity contribution in [2.24, 2.45) is 0 Å². The van der Waals surface area contributed by atoms with Gasteiger partial charge in [-0.2, -0.15) is 0 Å². The molecule has 0 bridgehead atoms. The first-order chi connectivity index (χ1) is 7.84. The molecule has 2 rings (SSSR count). The van der Waals surface area contributed by atoms with E-state index in [2.05, 4.69) is 41.8 Å². The first-order valence-electron chi connectivity index (χ1n) is 5.93. The molecule has 1 fully saturated rings. The molecule has 3 nitrogen and oxygen atoms in total. The number of aryl methyl sites for hydroxylation is 1. The Labute approximate surface area is 97.2 Å². The van der Waals surface area contributed by atoms with Crippen LogP contribution in [0.25, 0.3) is 0 Å². The summed E-state index contributed by atoms with van der Waals surface area (Å²) >= 11 is 0. The summed E-state index contributed by atoms with van der Waals surface area (Å²) in [6.45, 7) is 6.71. The highest BCUT2D eigenvalue weighted by Crippen LogP contribution is 2.02. The van der Waals surface area contributed by atoms with Crippen LogP contribution in [0.3, 0.4) is 0 Å². The van der Waals surface area contributed by atoms with E-state index in [0.717, 1.165) is 32.8 Å². The van der Waals surface area contributed by atoms with Gasteiger partial charge in [-0.1, -0.05) is 29.8 Å². The van der Waals surface area contributed by atoms with E-state index in [1.165, 1.54) is 11.1 Å². The molecule has 0 radical (unpaired) electrons. The highest BCUT2D eigenvalue weighted by molar-refractivity contribution is 5.21. The van der Waals surface area contributed by atoms with Gasteiger partial charge in [0.1, 0.15) is 0 Å². The molecule has 0 aromatic heterocycles. The van der Waals surface area contributed by atoms with Gasteiger partial charge in [-0.15, -0.1) is 0 Å². The van der Waals surface area contributed by atoms with Crippen LogP contribution >= 0.6 is 0 Å². The number of morpholine rings is 1. The summed E-state index contributed by atoms with van der Waals surface area (Å²) in [6.07, 6.45) is 0.319. The topological polar surface area (TPSA) is 33.3 Å². The van der Waals surface area contributed by atoms with Gasteiger partial charge >= 0.3 is 0 Å². The molecule has 1 atom stereocenters. The lowest BCUT2D eigenvalue weighted by Gasteiger charge is -2.23. The summed E-state index contributed by atoms with van der Waals surface area (Å²) in [5, 5.41) is 6.75. The maximum Gasteiger partial charge on any atom is 0.0824 e. The Morgan fingerprint density at radius 2 is 2.19 bits per heavy atom. The predicted molar refractivity (Wildman–Crippen MR) is 65.5 cm³/mol. The maximum atomic E-state index is 5.61. The molecule has 88 valence electrons. The van der Waals surface area contributed by atoms with Crippen molar-refractivity contribution in [3.8, 4) is 0 Å². The third-order valence-corrected chi connectivity index (χ3v) is 2.83. The summed E-state index contributed by atoms with van der Waals surface area (Å²) in [5.41, 5.74) is 2.64. The molecule has 1 unspecified atom stereocenters. The average molecular weight is 220 g/mol. The average Bonchev–Trinajstić information content (AvgIpc) is 2.33. The highest BCUT2D eigenvalue weighted by atomic mass is 16.5. The fourth-order valence-electron chi connectivity index (χ4n) is 1.83. The zero-order chi connectivity index (χ0) is 11.2. The smallest absolute Gasteiger partial charge is 0.0824 e. The van der Waals surface area contributed by atoms with Gasteiger partial charge in [-0.3, -0.25) is 0 Å². The largest absolute Gasteiger partial charge is 0.374 e. The van der Waals surface area contributed by atoms with Crippen LogP contribution in [0.1, 0.15) is 11.1 Å². The van der Waals surface area contributed by atoms with Gasteiger partial charge in [-0.05, 0) is 12.5 Å². The number of benzene rings is 1. The van der Waals surface area contributed by atoms with Gasteiger partial charge in [0.15, 0.2) is 0 Å². The van der Waals surface area contributed by atoms with Gasteiger partial charge in [0.05, 0.1) is 12.7 Å². The maximum absolute atomic E-state index is 5.61. The summed E-state index contributed by atoms with van der Waals surface area (Å²) in [4.78, 5) is 0. The lowest BCUT2D eigenvalue weighted by molar-refractivity contribution is 0.0290. The molecule has 0 saturated carbocycles. The van der Waals surface area contributed by atoms with Crippen LogP contribution < -0.4 is 10.6 Å². The van der Waals surface area contributed by atoms with Crippen LogP contribution in [0, 0.1) is 6.92 Å². The molecule has 1 aliphatic rings. The normalized spacial score (nSPS) is 20.9. The minimum absolute atomic E-state index is 0.319. The van der Waals surface area contributed by atoms with Crippen molar-refractivity contribution in [3.05, 3.63) is 35.4 Å².